The number of nitrogens with one attached hydrogen (secondary N) is 2. The van der Waals surface area contributed by atoms with Crippen molar-refractivity contribution in [2.24, 2.45) is 11.7 Å². The van der Waals surface area contributed by atoms with E-state index in [0.29, 0.717) is 18.5 Å². The molecule has 0 aromatic heterocycles. The largest absolute Gasteiger partial charge is 0.341 e. The molecule has 1 aliphatic carbocycles. The highest BCUT2D eigenvalue weighted by Gasteiger charge is 2.31. The maximum atomic E-state index is 11.7. The van der Waals surface area contributed by atoms with E-state index in [9.17, 15) is 9.59 Å². The number of nitrogens with zero attached hydrogens (tertiary/aromatic N) is 1. The second kappa shape index (κ2) is 7.33. The second-order valence-corrected chi connectivity index (χ2v) is 4.68. The molecule has 1 saturated carbocycles. The summed E-state index contributed by atoms with van der Waals surface area (Å²) < 4.78 is 0. The Hall–Kier alpha value is -1.14. The van der Waals surface area contributed by atoms with Crippen LogP contribution < -0.4 is 16.4 Å². The molecule has 1 aliphatic rings. The minimum Gasteiger partial charge on any atom is -0.341 e. The number of urea groups is 1. The van der Waals surface area contributed by atoms with E-state index >= 15 is 0 Å². The van der Waals surface area contributed by atoms with Gasteiger partial charge in [-0.25, -0.2) is 4.79 Å². The zero-order chi connectivity index (χ0) is 13.5. The molecule has 1 rings (SSSR count). The monoisotopic (exact) mass is 256 g/mol. The van der Waals surface area contributed by atoms with E-state index in [1.165, 1.54) is 13.5 Å². The molecule has 3 amide bonds. The molecule has 6 nitrogen and oxygen atoms in total. The predicted octanol–water partition coefficient (Wildman–Crippen LogP) is -0.109. The van der Waals surface area contributed by atoms with Gasteiger partial charge in [0.15, 0.2) is 0 Å². The lowest BCUT2D eigenvalue weighted by Gasteiger charge is -2.31. The summed E-state index contributed by atoms with van der Waals surface area (Å²) in [6.45, 7) is 3.74. The summed E-state index contributed by atoms with van der Waals surface area (Å²) in [4.78, 5) is 24.9. The highest BCUT2D eigenvalue weighted by atomic mass is 16.2. The number of hydrogen-bond acceptors (Lipinski definition) is 4. The van der Waals surface area contributed by atoms with Crippen molar-refractivity contribution >= 4 is 11.9 Å². The van der Waals surface area contributed by atoms with Gasteiger partial charge in [-0.15, -0.1) is 0 Å². The van der Waals surface area contributed by atoms with Gasteiger partial charge < -0.3 is 11.1 Å². The highest BCUT2D eigenvalue weighted by Crippen LogP contribution is 2.28. The average Bonchev–Trinajstić information content (AvgIpc) is 2.83. The van der Waals surface area contributed by atoms with Crippen molar-refractivity contribution in [1.29, 1.82) is 0 Å². The molecule has 2 atom stereocenters. The Bertz CT molecular complexity index is 296. The number of hydrogen-bond donors (Lipinski definition) is 3. The smallest absolute Gasteiger partial charge is 0.321 e. The standard InChI is InChI=1S/C12H24N4O2/c1-3-16(8-11(17)15-12(18)14-2)10-6-4-5-9(10)7-13/h9-10H,3-8,13H2,1-2H3,(H2,14,15,17,18). The fraction of sp³-hybridized carbons (Fsp3) is 0.833. The minimum absolute atomic E-state index is 0.255. The number of amides is 3. The summed E-state index contributed by atoms with van der Waals surface area (Å²) in [6, 6.07) is -0.0895. The van der Waals surface area contributed by atoms with Crippen LogP contribution in [0.25, 0.3) is 0 Å². The molecule has 6 heteroatoms. The lowest BCUT2D eigenvalue weighted by Crippen LogP contribution is -2.48. The fourth-order valence-electron chi connectivity index (χ4n) is 2.65. The molecule has 104 valence electrons. The van der Waals surface area contributed by atoms with Crippen LogP contribution in [0, 0.1) is 5.92 Å². The van der Waals surface area contributed by atoms with Gasteiger partial charge in [0, 0.05) is 13.1 Å². The van der Waals surface area contributed by atoms with Gasteiger partial charge >= 0.3 is 6.03 Å². The van der Waals surface area contributed by atoms with Crippen molar-refractivity contribution in [3.8, 4) is 0 Å². The first-order valence-corrected chi connectivity index (χ1v) is 6.58. The summed E-state index contributed by atoms with van der Waals surface area (Å²) >= 11 is 0. The van der Waals surface area contributed by atoms with Crippen LogP contribution in [0.2, 0.25) is 0 Å². The van der Waals surface area contributed by atoms with E-state index in [1.54, 1.807) is 0 Å². The predicted molar refractivity (Wildman–Crippen MR) is 70.0 cm³/mol. The lowest BCUT2D eigenvalue weighted by molar-refractivity contribution is -0.121. The normalized spacial score (nSPS) is 23.1. The Morgan fingerprint density at radius 2 is 2.11 bits per heavy atom. The maximum absolute atomic E-state index is 11.7. The summed E-state index contributed by atoms with van der Waals surface area (Å²) in [7, 11) is 1.49. The van der Waals surface area contributed by atoms with Crippen molar-refractivity contribution < 1.29 is 9.59 Å². The average molecular weight is 256 g/mol. The maximum Gasteiger partial charge on any atom is 0.321 e. The number of likely N-dealkylation sites (N-methyl/N-ethyl adjacent to an activating group) is 1. The molecule has 0 aromatic carbocycles. The number of carbonyl (C=O) groups is 2. The van der Waals surface area contributed by atoms with Crippen LogP contribution in [0.15, 0.2) is 0 Å². The molecule has 1 fully saturated rings. The third-order valence-electron chi connectivity index (χ3n) is 3.62. The van der Waals surface area contributed by atoms with Crippen molar-refractivity contribution in [2.75, 3.05) is 26.7 Å². The fourth-order valence-corrected chi connectivity index (χ4v) is 2.65. The SMILES string of the molecule is CCN(CC(=O)NC(=O)NC)C1CCCC1CN. The zero-order valence-electron chi connectivity index (χ0n) is 11.2. The molecule has 0 bridgehead atoms. The van der Waals surface area contributed by atoms with Crippen molar-refractivity contribution in [3.05, 3.63) is 0 Å². The quantitative estimate of drug-likeness (QED) is 0.640. The van der Waals surface area contributed by atoms with E-state index < -0.39 is 6.03 Å². The summed E-state index contributed by atoms with van der Waals surface area (Å²) in [5.41, 5.74) is 5.76. The van der Waals surface area contributed by atoms with Crippen LogP contribution in [0.3, 0.4) is 0 Å². The first-order chi connectivity index (χ1) is 8.62. The number of carbonyl (C=O) groups excluding carboxylic acids is 2. The van der Waals surface area contributed by atoms with Gasteiger partial charge in [0.05, 0.1) is 6.54 Å². The molecular formula is C12H24N4O2. The van der Waals surface area contributed by atoms with Crippen LogP contribution in [0.1, 0.15) is 26.2 Å². The molecule has 0 heterocycles. The van der Waals surface area contributed by atoms with E-state index in [4.69, 9.17) is 5.73 Å². The first kappa shape index (κ1) is 14.9. The van der Waals surface area contributed by atoms with Gasteiger partial charge in [-0.05, 0) is 31.8 Å². The topological polar surface area (TPSA) is 87.5 Å². The van der Waals surface area contributed by atoms with Crippen molar-refractivity contribution in [3.63, 3.8) is 0 Å². The van der Waals surface area contributed by atoms with E-state index in [0.717, 1.165) is 19.4 Å². The van der Waals surface area contributed by atoms with Gasteiger partial charge in [-0.2, -0.15) is 0 Å². The number of imide groups is 1. The Kier molecular flexibility index (Phi) is 6.07. The third kappa shape index (κ3) is 3.96. The molecular weight excluding hydrogens is 232 g/mol. The molecule has 0 aliphatic heterocycles. The molecule has 0 aromatic rings. The van der Waals surface area contributed by atoms with Crippen LogP contribution >= 0.6 is 0 Å². The van der Waals surface area contributed by atoms with Crippen LogP contribution in [0.4, 0.5) is 4.79 Å². The Morgan fingerprint density at radius 3 is 2.67 bits per heavy atom. The second-order valence-electron chi connectivity index (χ2n) is 4.68. The Morgan fingerprint density at radius 1 is 1.39 bits per heavy atom. The van der Waals surface area contributed by atoms with Crippen molar-refractivity contribution in [1.82, 2.24) is 15.5 Å². The van der Waals surface area contributed by atoms with Gasteiger partial charge in [0.2, 0.25) is 5.91 Å². The van der Waals surface area contributed by atoms with Crippen LogP contribution in [-0.2, 0) is 4.79 Å². The van der Waals surface area contributed by atoms with Crippen molar-refractivity contribution in [2.45, 2.75) is 32.2 Å². The lowest BCUT2D eigenvalue weighted by atomic mass is 10.0. The van der Waals surface area contributed by atoms with E-state index in [2.05, 4.69) is 15.5 Å². The third-order valence-corrected chi connectivity index (χ3v) is 3.62. The van der Waals surface area contributed by atoms with Gasteiger partial charge in [-0.3, -0.25) is 15.0 Å². The van der Waals surface area contributed by atoms with Gasteiger partial charge in [0.1, 0.15) is 0 Å². The Balaban J connectivity index is 2.50. The Labute approximate surface area is 108 Å². The van der Waals surface area contributed by atoms with Crippen LogP contribution in [0.5, 0.6) is 0 Å². The van der Waals surface area contributed by atoms with Gasteiger partial charge in [0.25, 0.3) is 0 Å². The van der Waals surface area contributed by atoms with E-state index in [1.807, 2.05) is 6.92 Å². The molecule has 0 spiro atoms. The minimum atomic E-state index is -0.460. The molecule has 0 radical (unpaired) electrons. The zero-order valence-corrected chi connectivity index (χ0v) is 11.2. The highest BCUT2D eigenvalue weighted by molar-refractivity contribution is 5.95. The molecule has 2 unspecified atom stereocenters. The summed E-state index contributed by atoms with van der Waals surface area (Å²) in [6.07, 6.45) is 3.39. The molecule has 0 saturated heterocycles. The summed E-state index contributed by atoms with van der Waals surface area (Å²) in [5.74, 6) is 0.205. The number of nitrogens with two attached hydrogens (primary N) is 1. The van der Waals surface area contributed by atoms with Crippen LogP contribution in [-0.4, -0.2) is 49.6 Å². The first-order valence-electron chi connectivity index (χ1n) is 6.58. The molecule has 18 heavy (non-hydrogen) atoms. The number of rotatable bonds is 5. The van der Waals surface area contributed by atoms with E-state index in [-0.39, 0.29) is 12.5 Å². The van der Waals surface area contributed by atoms with Gasteiger partial charge in [-0.1, -0.05) is 13.3 Å². The molecule has 4 N–H and O–H groups in total. The summed E-state index contributed by atoms with van der Waals surface area (Å²) in [5, 5.41) is 4.66.